The number of hydrogen-bond acceptors (Lipinski definition) is 3. The highest BCUT2D eigenvalue weighted by Crippen LogP contribution is 2.34. The molecule has 0 spiro atoms. The van der Waals surface area contributed by atoms with Crippen molar-refractivity contribution in [2.24, 2.45) is 0 Å². The molecule has 0 aliphatic heterocycles. The zero-order valence-electron chi connectivity index (χ0n) is 18.3. The summed E-state index contributed by atoms with van der Waals surface area (Å²) in [5, 5.41) is 7.80. The number of benzene rings is 2. The van der Waals surface area contributed by atoms with Crippen molar-refractivity contribution < 1.29 is 9.18 Å². The number of carbonyl (C=O) groups is 1. The SMILES string of the molecule is Cc1nn(-c2ccc(F)cc2)c(C)c1[C@@H]1C=C[C@@H](NC(=O)c2ccc(N(C)C)cc2)C1. The maximum absolute atomic E-state index is 13.3. The summed E-state index contributed by atoms with van der Waals surface area (Å²) >= 11 is 0. The van der Waals surface area contributed by atoms with Crippen LogP contribution in [0.5, 0.6) is 0 Å². The molecule has 0 fully saturated rings. The van der Waals surface area contributed by atoms with Crippen molar-refractivity contribution in [3.8, 4) is 5.69 Å². The van der Waals surface area contributed by atoms with E-state index in [0.29, 0.717) is 5.56 Å². The predicted octanol–water partition coefficient (Wildman–Crippen LogP) is 4.54. The Morgan fingerprint density at radius 3 is 2.39 bits per heavy atom. The number of anilines is 1. The van der Waals surface area contributed by atoms with Crippen molar-refractivity contribution in [2.45, 2.75) is 32.2 Å². The number of aryl methyl sites for hydroxylation is 1. The summed E-state index contributed by atoms with van der Waals surface area (Å²) in [5.41, 5.74) is 5.68. The maximum atomic E-state index is 13.3. The molecule has 0 saturated carbocycles. The Morgan fingerprint density at radius 1 is 1.06 bits per heavy atom. The molecule has 0 radical (unpaired) electrons. The van der Waals surface area contributed by atoms with Crippen LogP contribution in [0.4, 0.5) is 10.1 Å². The first-order valence-corrected chi connectivity index (χ1v) is 10.4. The molecule has 1 amide bonds. The normalized spacial score (nSPS) is 17.7. The summed E-state index contributed by atoms with van der Waals surface area (Å²) in [4.78, 5) is 14.7. The monoisotopic (exact) mass is 418 g/mol. The van der Waals surface area contributed by atoms with Gasteiger partial charge >= 0.3 is 0 Å². The molecule has 1 N–H and O–H groups in total. The van der Waals surface area contributed by atoms with Gasteiger partial charge in [-0.1, -0.05) is 12.2 Å². The Hall–Kier alpha value is -3.41. The van der Waals surface area contributed by atoms with Crippen molar-refractivity contribution >= 4 is 11.6 Å². The molecular formula is C25H27FN4O. The van der Waals surface area contributed by atoms with Crippen molar-refractivity contribution in [1.82, 2.24) is 15.1 Å². The lowest BCUT2D eigenvalue weighted by Gasteiger charge is -2.16. The van der Waals surface area contributed by atoms with Crippen molar-refractivity contribution in [2.75, 3.05) is 19.0 Å². The van der Waals surface area contributed by atoms with Gasteiger partial charge in [-0.15, -0.1) is 0 Å². The number of nitrogens with zero attached hydrogens (tertiary/aromatic N) is 3. The van der Waals surface area contributed by atoms with Gasteiger partial charge in [-0.3, -0.25) is 4.79 Å². The van der Waals surface area contributed by atoms with E-state index in [0.717, 1.165) is 34.7 Å². The van der Waals surface area contributed by atoms with Crippen LogP contribution in [0.15, 0.2) is 60.7 Å². The molecule has 31 heavy (non-hydrogen) atoms. The number of amides is 1. The number of aromatic nitrogens is 2. The van der Waals surface area contributed by atoms with Crippen molar-refractivity contribution in [3.05, 3.63) is 89.0 Å². The first kappa shape index (κ1) is 20.8. The highest BCUT2D eigenvalue weighted by atomic mass is 19.1. The van der Waals surface area contributed by atoms with Crippen LogP contribution in [0.3, 0.4) is 0 Å². The molecule has 1 aliphatic rings. The third-order valence-corrected chi connectivity index (χ3v) is 5.84. The Labute approximate surface area is 182 Å². The molecule has 0 saturated heterocycles. The summed E-state index contributed by atoms with van der Waals surface area (Å²) in [6, 6.07) is 13.9. The molecule has 2 atom stereocenters. The molecule has 0 unspecified atom stereocenters. The largest absolute Gasteiger partial charge is 0.378 e. The average Bonchev–Trinajstić information content (AvgIpc) is 3.32. The molecule has 4 rings (SSSR count). The van der Waals surface area contributed by atoms with E-state index in [9.17, 15) is 9.18 Å². The van der Waals surface area contributed by atoms with Gasteiger partial charge in [-0.2, -0.15) is 5.10 Å². The summed E-state index contributed by atoms with van der Waals surface area (Å²) in [7, 11) is 3.95. The van der Waals surface area contributed by atoms with Gasteiger partial charge in [-0.25, -0.2) is 9.07 Å². The summed E-state index contributed by atoms with van der Waals surface area (Å²) in [6.07, 6.45) is 5.00. The number of nitrogens with one attached hydrogen (secondary N) is 1. The van der Waals surface area contributed by atoms with E-state index in [1.54, 1.807) is 12.1 Å². The standard InChI is InChI=1S/C25H27FN4O/c1-16-24(17(2)30(28-16)23-13-8-20(26)9-14-23)19-5-10-21(15-19)27-25(31)18-6-11-22(12-7-18)29(3)4/h5-14,19,21H,15H2,1-4H3,(H,27,31)/t19-,21-/m1/s1. The fourth-order valence-electron chi connectivity index (χ4n) is 4.21. The van der Waals surface area contributed by atoms with Crippen LogP contribution in [0, 0.1) is 19.7 Å². The third-order valence-electron chi connectivity index (χ3n) is 5.84. The van der Waals surface area contributed by atoms with Crippen LogP contribution in [0.2, 0.25) is 0 Å². The molecule has 3 aromatic rings. The first-order valence-electron chi connectivity index (χ1n) is 10.4. The smallest absolute Gasteiger partial charge is 0.251 e. The Bertz CT molecular complexity index is 1110. The molecule has 1 heterocycles. The quantitative estimate of drug-likeness (QED) is 0.619. The van der Waals surface area contributed by atoms with Crippen molar-refractivity contribution in [3.63, 3.8) is 0 Å². The molecule has 1 aliphatic carbocycles. The van der Waals surface area contributed by atoms with Gasteiger partial charge in [0.1, 0.15) is 5.82 Å². The Kier molecular flexibility index (Phi) is 5.63. The zero-order chi connectivity index (χ0) is 22.1. The van der Waals surface area contributed by atoms with E-state index in [2.05, 4.69) is 22.6 Å². The van der Waals surface area contributed by atoms with Crippen LogP contribution in [0.25, 0.3) is 5.69 Å². The fourth-order valence-corrected chi connectivity index (χ4v) is 4.21. The minimum atomic E-state index is -0.265. The van der Waals surface area contributed by atoms with Gasteiger partial charge < -0.3 is 10.2 Å². The summed E-state index contributed by atoms with van der Waals surface area (Å²) in [5.74, 6) is -0.161. The molecular weight excluding hydrogens is 391 g/mol. The maximum Gasteiger partial charge on any atom is 0.251 e. The molecule has 5 nitrogen and oxygen atoms in total. The second kappa shape index (κ2) is 8.38. The number of rotatable bonds is 5. The molecule has 1 aromatic heterocycles. The third kappa shape index (κ3) is 4.24. The number of allylic oxidation sites excluding steroid dienone is 1. The van der Waals surface area contributed by atoms with E-state index >= 15 is 0 Å². The van der Waals surface area contributed by atoms with E-state index in [1.807, 2.05) is 61.8 Å². The molecule has 2 aromatic carbocycles. The van der Waals surface area contributed by atoms with Crippen molar-refractivity contribution in [1.29, 1.82) is 0 Å². The van der Waals surface area contributed by atoms with Gasteiger partial charge in [0, 0.05) is 48.6 Å². The highest BCUT2D eigenvalue weighted by Gasteiger charge is 2.27. The number of halogens is 1. The summed E-state index contributed by atoms with van der Waals surface area (Å²) in [6.45, 7) is 4.03. The predicted molar refractivity (Wildman–Crippen MR) is 122 cm³/mol. The van der Waals surface area contributed by atoms with Crippen LogP contribution in [-0.2, 0) is 0 Å². The van der Waals surface area contributed by atoms with Gasteiger partial charge in [-0.05, 0) is 68.8 Å². The van der Waals surface area contributed by atoms with E-state index in [4.69, 9.17) is 0 Å². The minimum absolute atomic E-state index is 0.0287. The lowest BCUT2D eigenvalue weighted by Crippen LogP contribution is -2.32. The first-order chi connectivity index (χ1) is 14.8. The average molecular weight is 419 g/mol. The topological polar surface area (TPSA) is 50.2 Å². The van der Waals surface area contributed by atoms with E-state index in [-0.39, 0.29) is 23.7 Å². The number of carbonyl (C=O) groups excluding carboxylic acids is 1. The van der Waals surface area contributed by atoms with E-state index < -0.39 is 0 Å². The van der Waals surface area contributed by atoms with Crippen LogP contribution >= 0.6 is 0 Å². The molecule has 0 bridgehead atoms. The van der Waals surface area contributed by atoms with Gasteiger partial charge in [0.05, 0.1) is 11.4 Å². The summed E-state index contributed by atoms with van der Waals surface area (Å²) < 4.78 is 15.1. The lowest BCUT2D eigenvalue weighted by molar-refractivity contribution is 0.0944. The van der Waals surface area contributed by atoms with Crippen LogP contribution in [-0.4, -0.2) is 35.8 Å². The van der Waals surface area contributed by atoms with Gasteiger partial charge in [0.15, 0.2) is 0 Å². The second-order valence-electron chi connectivity index (χ2n) is 8.22. The lowest BCUT2D eigenvalue weighted by atomic mass is 9.96. The van der Waals surface area contributed by atoms with Gasteiger partial charge in [0.2, 0.25) is 0 Å². The molecule has 160 valence electrons. The Morgan fingerprint density at radius 2 is 1.74 bits per heavy atom. The minimum Gasteiger partial charge on any atom is -0.378 e. The zero-order valence-corrected chi connectivity index (χ0v) is 18.3. The van der Waals surface area contributed by atoms with Crippen LogP contribution < -0.4 is 10.2 Å². The highest BCUT2D eigenvalue weighted by molar-refractivity contribution is 5.94. The molecule has 6 heteroatoms. The van der Waals surface area contributed by atoms with Gasteiger partial charge in [0.25, 0.3) is 5.91 Å². The second-order valence-corrected chi connectivity index (χ2v) is 8.22. The Balaban J connectivity index is 1.46. The van der Waals surface area contributed by atoms with E-state index in [1.165, 1.54) is 12.1 Å². The van der Waals surface area contributed by atoms with Crippen LogP contribution in [0.1, 0.15) is 39.6 Å². The number of hydrogen-bond donors (Lipinski definition) is 1. The fraction of sp³-hybridized carbons (Fsp3) is 0.280.